The Morgan fingerprint density at radius 1 is 1.38 bits per heavy atom. The molecular formula is C17H20N4O4S. The third kappa shape index (κ3) is 2.45. The highest BCUT2D eigenvalue weighted by Crippen LogP contribution is 2.43. The average molecular weight is 376 g/mol. The van der Waals surface area contributed by atoms with Crippen molar-refractivity contribution in [2.45, 2.75) is 13.3 Å². The third-order valence-electron chi connectivity index (χ3n) is 5.51. The van der Waals surface area contributed by atoms with E-state index in [1.807, 2.05) is 0 Å². The summed E-state index contributed by atoms with van der Waals surface area (Å²) in [6, 6.07) is 0. The maximum atomic E-state index is 12.9. The molecule has 26 heavy (non-hydrogen) atoms. The molecule has 0 aromatic carbocycles. The van der Waals surface area contributed by atoms with Crippen LogP contribution in [0.3, 0.4) is 0 Å². The van der Waals surface area contributed by atoms with Gasteiger partial charge in [0.2, 0.25) is 0 Å². The lowest BCUT2D eigenvalue weighted by atomic mass is 9.81. The van der Waals surface area contributed by atoms with E-state index in [1.54, 1.807) is 11.6 Å². The maximum Gasteiger partial charge on any atom is 0.313 e. The van der Waals surface area contributed by atoms with Crippen molar-refractivity contribution in [3.63, 3.8) is 0 Å². The molecule has 0 bridgehead atoms. The van der Waals surface area contributed by atoms with Crippen LogP contribution < -0.4 is 5.56 Å². The Bertz CT molecular complexity index is 938. The molecule has 2 fully saturated rings. The van der Waals surface area contributed by atoms with Gasteiger partial charge < -0.3 is 14.9 Å². The first-order chi connectivity index (χ1) is 12.5. The smallest absolute Gasteiger partial charge is 0.313 e. The molecule has 9 heteroatoms. The number of fused-ring (bicyclic) bond motifs is 2. The van der Waals surface area contributed by atoms with Crippen LogP contribution in [-0.2, 0) is 4.79 Å². The summed E-state index contributed by atoms with van der Waals surface area (Å²) < 4.78 is 1.35. The summed E-state index contributed by atoms with van der Waals surface area (Å²) in [6.45, 7) is 4.54. The maximum absolute atomic E-state index is 12.9. The molecule has 8 nitrogen and oxygen atoms in total. The third-order valence-corrected chi connectivity index (χ3v) is 6.28. The van der Waals surface area contributed by atoms with E-state index in [0.717, 1.165) is 13.0 Å². The number of carbonyl (C=O) groups excluding carboxylic acids is 1. The Morgan fingerprint density at radius 2 is 2.19 bits per heavy atom. The number of thiazole rings is 1. The molecule has 0 unspecified atom stereocenters. The summed E-state index contributed by atoms with van der Waals surface area (Å²) in [6.07, 6.45) is 3.86. The highest BCUT2D eigenvalue weighted by Gasteiger charge is 2.58. The van der Waals surface area contributed by atoms with Crippen LogP contribution in [0.5, 0.6) is 0 Å². The molecule has 0 aliphatic carbocycles. The van der Waals surface area contributed by atoms with Crippen molar-refractivity contribution in [3.05, 3.63) is 33.7 Å². The predicted octanol–water partition coefficient (Wildman–Crippen LogP) is 0.625. The van der Waals surface area contributed by atoms with Gasteiger partial charge in [0.15, 0.2) is 4.96 Å². The van der Waals surface area contributed by atoms with Crippen molar-refractivity contribution in [3.8, 4) is 0 Å². The van der Waals surface area contributed by atoms with Crippen molar-refractivity contribution >= 4 is 28.2 Å². The van der Waals surface area contributed by atoms with Gasteiger partial charge in [-0.3, -0.25) is 18.8 Å². The van der Waals surface area contributed by atoms with Gasteiger partial charge in [0.05, 0.1) is 0 Å². The lowest BCUT2D eigenvalue weighted by Crippen LogP contribution is -2.43. The van der Waals surface area contributed by atoms with Crippen molar-refractivity contribution in [1.29, 1.82) is 0 Å². The van der Waals surface area contributed by atoms with Gasteiger partial charge in [-0.15, -0.1) is 11.3 Å². The number of nitrogens with zero attached hydrogens (tertiary/aromatic N) is 4. The van der Waals surface area contributed by atoms with Gasteiger partial charge in [-0.25, -0.2) is 4.98 Å². The molecule has 1 N–H and O–H groups in total. The van der Waals surface area contributed by atoms with Crippen LogP contribution in [0.25, 0.3) is 4.96 Å². The molecule has 138 valence electrons. The number of amides is 1. The number of hydrogen-bond acceptors (Lipinski definition) is 6. The minimum absolute atomic E-state index is 0.00757. The van der Waals surface area contributed by atoms with Crippen LogP contribution in [0.2, 0.25) is 0 Å². The largest absolute Gasteiger partial charge is 0.481 e. The van der Waals surface area contributed by atoms with Crippen LogP contribution in [0, 0.1) is 11.3 Å². The zero-order valence-corrected chi connectivity index (χ0v) is 15.2. The fraction of sp³-hybridized carbons (Fsp3) is 0.529. The second-order valence-electron chi connectivity index (χ2n) is 7.11. The standard InChI is InChI=1S/C17H20N4O4S/c1-2-3-19-7-11-8-20(10-17(11,9-19)15(24)25)13(22)12-6-18-16-21(14(12)23)4-5-26-16/h4-6,11H,2-3,7-10H2,1H3,(H,24,25)/t11-,17-/m0/s1. The Labute approximate surface area is 153 Å². The monoisotopic (exact) mass is 376 g/mol. The molecule has 4 rings (SSSR count). The molecule has 2 aliphatic heterocycles. The zero-order chi connectivity index (χ0) is 18.5. The molecule has 2 atom stereocenters. The van der Waals surface area contributed by atoms with Gasteiger partial charge in [-0.1, -0.05) is 6.92 Å². The fourth-order valence-electron chi connectivity index (χ4n) is 4.25. The number of carboxylic acid groups (broad SMARTS) is 1. The predicted molar refractivity (Wildman–Crippen MR) is 95.5 cm³/mol. The van der Waals surface area contributed by atoms with Crippen molar-refractivity contribution in [2.24, 2.45) is 11.3 Å². The number of carboxylic acids is 1. The fourth-order valence-corrected chi connectivity index (χ4v) is 4.93. The molecule has 2 saturated heterocycles. The molecule has 0 spiro atoms. The zero-order valence-electron chi connectivity index (χ0n) is 14.4. The van der Waals surface area contributed by atoms with Crippen LogP contribution in [-0.4, -0.2) is 68.9 Å². The number of hydrogen-bond donors (Lipinski definition) is 1. The van der Waals surface area contributed by atoms with Crippen molar-refractivity contribution in [1.82, 2.24) is 19.2 Å². The van der Waals surface area contributed by atoms with E-state index in [1.165, 1.54) is 26.8 Å². The highest BCUT2D eigenvalue weighted by molar-refractivity contribution is 7.15. The lowest BCUT2D eigenvalue weighted by molar-refractivity contribution is -0.148. The Kier molecular flexibility index (Phi) is 4.07. The van der Waals surface area contributed by atoms with E-state index < -0.39 is 22.9 Å². The number of carbonyl (C=O) groups is 2. The summed E-state index contributed by atoms with van der Waals surface area (Å²) >= 11 is 1.32. The van der Waals surface area contributed by atoms with Gasteiger partial charge >= 0.3 is 5.97 Å². The van der Waals surface area contributed by atoms with Gasteiger partial charge in [-0.2, -0.15) is 0 Å². The highest BCUT2D eigenvalue weighted by atomic mass is 32.1. The van der Waals surface area contributed by atoms with Crippen LogP contribution in [0.15, 0.2) is 22.6 Å². The molecule has 1 amide bonds. The number of rotatable bonds is 4. The molecule has 0 radical (unpaired) electrons. The molecule has 2 aromatic rings. The van der Waals surface area contributed by atoms with E-state index >= 15 is 0 Å². The molecular weight excluding hydrogens is 356 g/mol. The van der Waals surface area contributed by atoms with Crippen LogP contribution in [0.1, 0.15) is 23.7 Å². The van der Waals surface area contributed by atoms with Crippen LogP contribution in [0.4, 0.5) is 0 Å². The molecule has 0 saturated carbocycles. The number of likely N-dealkylation sites (tertiary alicyclic amines) is 2. The Morgan fingerprint density at radius 3 is 2.88 bits per heavy atom. The van der Waals surface area contributed by atoms with E-state index in [9.17, 15) is 19.5 Å². The summed E-state index contributed by atoms with van der Waals surface area (Å²) in [5.41, 5.74) is -1.36. The SMILES string of the molecule is CCCN1C[C@H]2CN(C(=O)c3cnc4sccn4c3=O)C[C@@]2(C(=O)O)C1. The first kappa shape index (κ1) is 17.2. The number of aromatic nitrogens is 2. The summed E-state index contributed by atoms with van der Waals surface area (Å²) in [5.74, 6) is -1.41. The summed E-state index contributed by atoms with van der Waals surface area (Å²) in [7, 11) is 0. The summed E-state index contributed by atoms with van der Waals surface area (Å²) in [4.78, 5) is 45.8. The second kappa shape index (κ2) is 6.17. The average Bonchev–Trinajstić information content (AvgIpc) is 3.27. The summed E-state index contributed by atoms with van der Waals surface area (Å²) in [5, 5.41) is 11.6. The topological polar surface area (TPSA) is 95.2 Å². The van der Waals surface area contributed by atoms with E-state index in [4.69, 9.17) is 0 Å². The van der Waals surface area contributed by atoms with Crippen molar-refractivity contribution < 1.29 is 14.7 Å². The minimum Gasteiger partial charge on any atom is -0.481 e. The van der Waals surface area contributed by atoms with Gasteiger partial charge in [0.1, 0.15) is 11.0 Å². The Balaban J connectivity index is 1.62. The number of aliphatic carboxylic acids is 1. The minimum atomic E-state index is -0.944. The Hall–Kier alpha value is -2.26. The molecule has 2 aromatic heterocycles. The van der Waals surface area contributed by atoms with E-state index in [0.29, 0.717) is 24.6 Å². The lowest BCUT2D eigenvalue weighted by Gasteiger charge is -2.25. The first-order valence-corrected chi connectivity index (χ1v) is 9.54. The van der Waals surface area contributed by atoms with Crippen molar-refractivity contribution in [2.75, 3.05) is 32.7 Å². The first-order valence-electron chi connectivity index (χ1n) is 8.66. The normalized spacial score (nSPS) is 25.7. The molecule has 2 aliphatic rings. The van der Waals surface area contributed by atoms with Crippen LogP contribution >= 0.6 is 11.3 Å². The van der Waals surface area contributed by atoms with Gasteiger partial charge in [0.25, 0.3) is 11.5 Å². The van der Waals surface area contributed by atoms with Gasteiger partial charge in [-0.05, 0) is 13.0 Å². The van der Waals surface area contributed by atoms with Gasteiger partial charge in [0, 0.05) is 49.9 Å². The molecule has 4 heterocycles. The van der Waals surface area contributed by atoms with E-state index in [2.05, 4.69) is 16.8 Å². The quantitative estimate of drug-likeness (QED) is 0.841. The second-order valence-corrected chi connectivity index (χ2v) is 7.98. The van der Waals surface area contributed by atoms with E-state index in [-0.39, 0.29) is 18.0 Å².